The van der Waals surface area contributed by atoms with Gasteiger partial charge in [-0.05, 0) is 59.4 Å². The standard InChI is InChI=1S/C53H55N7O6.C2HF3O2/c1-4-33(2)47(48(55)61)60-53(66)46(32-36-21-9-6-10-22-36)59-51(64)42-28-14-12-24-38(42)37-23-11-13-27-41(37)50(63)58-45(31-35-19-7-5-8-20-35)52(65)57-44-30-18-16-26-40(44)39-25-15-17-29-43(39)56-49(62)34(3)54;3-2(4,5)1(6)7/h5-30,33-34,45-47H,4,31-32,54H2,1-3H3,(H2,55,61)(H,56,62)(H,57,65)(H,58,63)(H,59,64)(H,60,66);(H,6,7)/t33-,34-,45-,46-,47-;/m0./s1. The van der Waals surface area contributed by atoms with Crippen LogP contribution < -0.4 is 38.1 Å². The number of hydrogen-bond acceptors (Lipinski definition) is 8. The van der Waals surface area contributed by atoms with Crippen LogP contribution in [0.5, 0.6) is 0 Å². The molecule has 0 fully saturated rings. The van der Waals surface area contributed by atoms with Crippen LogP contribution in [-0.4, -0.2) is 76.9 Å². The molecule has 0 saturated carbocycles. The Kier molecular flexibility index (Phi) is 19.7. The first-order valence-electron chi connectivity index (χ1n) is 23.1. The second-order valence-corrected chi connectivity index (χ2v) is 17.0. The van der Waals surface area contributed by atoms with E-state index in [4.69, 9.17) is 21.4 Å². The molecule has 380 valence electrons. The second-order valence-electron chi connectivity index (χ2n) is 17.0. The Labute approximate surface area is 420 Å². The van der Waals surface area contributed by atoms with Crippen LogP contribution >= 0.6 is 0 Å². The molecule has 5 atom stereocenters. The molecule has 0 unspecified atom stereocenters. The van der Waals surface area contributed by atoms with Gasteiger partial charge in [0.15, 0.2) is 0 Å². The Balaban J connectivity index is 0.00000131. The molecule has 0 bridgehead atoms. The summed E-state index contributed by atoms with van der Waals surface area (Å²) in [7, 11) is 0. The Morgan fingerprint density at radius 2 is 0.877 bits per heavy atom. The number of hydrogen-bond donors (Lipinski definition) is 8. The Hall–Kier alpha value is -8.64. The van der Waals surface area contributed by atoms with Crippen molar-refractivity contribution < 1.29 is 51.8 Å². The summed E-state index contributed by atoms with van der Waals surface area (Å²) in [5.74, 6) is -6.28. The third-order valence-corrected chi connectivity index (χ3v) is 11.6. The van der Waals surface area contributed by atoms with Crippen molar-refractivity contribution in [2.75, 3.05) is 10.6 Å². The van der Waals surface area contributed by atoms with E-state index < -0.39 is 65.8 Å². The minimum atomic E-state index is -5.08. The molecule has 0 aliphatic rings. The number of halogens is 3. The zero-order valence-electron chi connectivity index (χ0n) is 40.1. The predicted molar refractivity (Wildman–Crippen MR) is 272 cm³/mol. The summed E-state index contributed by atoms with van der Waals surface area (Å²) in [4.78, 5) is 91.1. The van der Waals surface area contributed by atoms with Crippen molar-refractivity contribution >= 4 is 52.8 Å². The number of carboxylic acids is 1. The van der Waals surface area contributed by atoms with Crippen molar-refractivity contribution in [3.8, 4) is 22.3 Å². The van der Waals surface area contributed by atoms with Crippen LogP contribution in [0.3, 0.4) is 0 Å². The lowest BCUT2D eigenvalue weighted by Gasteiger charge is -2.25. The average Bonchev–Trinajstić information content (AvgIpc) is 3.38. The fraction of sp³-hybridized carbons (Fsp3) is 0.218. The maximum absolute atomic E-state index is 14.5. The number of nitrogens with one attached hydrogen (secondary N) is 5. The molecule has 6 amide bonds. The first-order valence-corrected chi connectivity index (χ1v) is 23.1. The van der Waals surface area contributed by atoms with E-state index in [1.807, 2.05) is 98.8 Å². The molecule has 18 heteroatoms. The van der Waals surface area contributed by atoms with Gasteiger partial charge in [-0.1, -0.05) is 154 Å². The monoisotopic (exact) mass is 999 g/mol. The van der Waals surface area contributed by atoms with Gasteiger partial charge in [0.1, 0.15) is 18.1 Å². The highest BCUT2D eigenvalue weighted by molar-refractivity contribution is 6.09. The summed E-state index contributed by atoms with van der Waals surface area (Å²) in [6.07, 6.45) is -4.24. The van der Waals surface area contributed by atoms with Gasteiger partial charge in [0.05, 0.1) is 6.04 Å². The lowest BCUT2D eigenvalue weighted by molar-refractivity contribution is -0.192. The van der Waals surface area contributed by atoms with E-state index >= 15 is 0 Å². The van der Waals surface area contributed by atoms with Gasteiger partial charge in [-0.25, -0.2) is 4.79 Å². The molecule has 0 radical (unpaired) electrons. The molecule has 0 aliphatic heterocycles. The van der Waals surface area contributed by atoms with Gasteiger partial charge in [0.2, 0.25) is 23.6 Å². The molecular weight excluding hydrogens is 944 g/mol. The van der Waals surface area contributed by atoms with Gasteiger partial charge in [-0.2, -0.15) is 13.2 Å². The summed E-state index contributed by atoms with van der Waals surface area (Å²) in [5.41, 5.74) is 16.5. The molecule has 6 aromatic rings. The minimum Gasteiger partial charge on any atom is -0.475 e. The maximum Gasteiger partial charge on any atom is 0.490 e. The highest BCUT2D eigenvalue weighted by Gasteiger charge is 2.38. The third-order valence-electron chi connectivity index (χ3n) is 11.6. The van der Waals surface area contributed by atoms with Gasteiger partial charge >= 0.3 is 12.1 Å². The number of alkyl halides is 3. The SMILES string of the molecule is CC[C@H](C)[C@H](NC(=O)[C@H](Cc1ccccc1)NC(=O)c1ccccc1-c1ccccc1C(=O)N[C@@H](Cc1ccccc1)C(=O)Nc1ccccc1-c1ccccc1NC(=O)[C@H](C)N)C(N)=O.O=C(O)C(F)(F)F. The van der Waals surface area contributed by atoms with Crippen molar-refractivity contribution in [1.82, 2.24) is 16.0 Å². The lowest BCUT2D eigenvalue weighted by Crippen LogP contribution is -2.55. The number of benzene rings is 6. The molecule has 0 spiro atoms. The Bertz CT molecular complexity index is 2900. The van der Waals surface area contributed by atoms with Gasteiger partial charge < -0.3 is 43.2 Å². The lowest BCUT2D eigenvalue weighted by atomic mass is 9.93. The average molecular weight is 1000 g/mol. The fourth-order valence-corrected chi connectivity index (χ4v) is 7.53. The van der Waals surface area contributed by atoms with Crippen molar-refractivity contribution in [1.29, 1.82) is 0 Å². The summed E-state index contributed by atoms with van der Waals surface area (Å²) >= 11 is 0. The van der Waals surface area contributed by atoms with Crippen molar-refractivity contribution in [2.45, 2.75) is 70.4 Å². The predicted octanol–water partition coefficient (Wildman–Crippen LogP) is 7.28. The number of amides is 6. The number of para-hydroxylation sites is 2. The highest BCUT2D eigenvalue weighted by atomic mass is 19.4. The van der Waals surface area contributed by atoms with E-state index in [9.17, 15) is 41.9 Å². The topological polar surface area (TPSA) is 252 Å². The van der Waals surface area contributed by atoms with E-state index in [1.165, 1.54) is 0 Å². The molecule has 6 aromatic carbocycles. The largest absolute Gasteiger partial charge is 0.490 e. The number of carboxylic acid groups (broad SMARTS) is 1. The van der Waals surface area contributed by atoms with Crippen LogP contribution in [0.4, 0.5) is 24.5 Å². The van der Waals surface area contributed by atoms with Gasteiger partial charge in [0, 0.05) is 46.5 Å². The number of aliphatic carboxylic acids is 1. The minimum absolute atomic E-state index is 0.123. The molecule has 6 rings (SSSR count). The number of carbonyl (C=O) groups excluding carboxylic acids is 6. The van der Waals surface area contributed by atoms with Gasteiger partial charge in [0.25, 0.3) is 11.8 Å². The van der Waals surface area contributed by atoms with E-state index in [1.54, 1.807) is 79.7 Å². The van der Waals surface area contributed by atoms with Crippen LogP contribution in [0.1, 0.15) is 59.0 Å². The van der Waals surface area contributed by atoms with Crippen LogP contribution in [0, 0.1) is 5.92 Å². The number of nitrogens with two attached hydrogens (primary N) is 2. The quantitative estimate of drug-likeness (QED) is 0.0406. The first kappa shape index (κ1) is 55.3. The van der Waals surface area contributed by atoms with E-state index in [2.05, 4.69) is 26.6 Å². The van der Waals surface area contributed by atoms with Crippen LogP contribution in [0.2, 0.25) is 0 Å². The Morgan fingerprint density at radius 3 is 1.26 bits per heavy atom. The summed E-state index contributed by atoms with van der Waals surface area (Å²) in [6.45, 7) is 5.29. The van der Waals surface area contributed by atoms with Crippen LogP contribution in [0.15, 0.2) is 158 Å². The molecule has 15 nitrogen and oxygen atoms in total. The van der Waals surface area contributed by atoms with Crippen molar-refractivity contribution in [2.24, 2.45) is 17.4 Å². The van der Waals surface area contributed by atoms with Crippen LogP contribution in [-0.2, 0) is 36.8 Å². The summed E-state index contributed by atoms with van der Waals surface area (Å²) < 4.78 is 31.7. The summed E-state index contributed by atoms with van der Waals surface area (Å²) in [5, 5.41) is 21.6. The number of primary amides is 1. The van der Waals surface area contributed by atoms with Gasteiger partial charge in [-0.3, -0.25) is 28.8 Å². The van der Waals surface area contributed by atoms with E-state index in [0.717, 1.165) is 11.1 Å². The number of rotatable bonds is 19. The van der Waals surface area contributed by atoms with E-state index in [0.29, 0.717) is 40.0 Å². The molecule has 0 aliphatic carbocycles. The summed E-state index contributed by atoms with van der Waals surface area (Å²) in [6, 6.07) is 42.4. The highest BCUT2D eigenvalue weighted by Crippen LogP contribution is 2.34. The smallest absolute Gasteiger partial charge is 0.475 e. The first-order chi connectivity index (χ1) is 34.8. The fourth-order valence-electron chi connectivity index (χ4n) is 7.53. The van der Waals surface area contributed by atoms with Gasteiger partial charge in [-0.15, -0.1) is 0 Å². The zero-order valence-corrected chi connectivity index (χ0v) is 40.1. The van der Waals surface area contributed by atoms with Crippen LogP contribution in [0.25, 0.3) is 22.3 Å². The molecule has 10 N–H and O–H groups in total. The maximum atomic E-state index is 14.5. The molecular formula is C55H56F3N7O8. The Morgan fingerprint density at radius 1 is 0.521 bits per heavy atom. The molecule has 0 aromatic heterocycles. The molecule has 0 heterocycles. The second kappa shape index (κ2) is 26.0. The number of carbonyl (C=O) groups is 7. The normalized spacial score (nSPS) is 13.0. The van der Waals surface area contributed by atoms with E-state index in [-0.39, 0.29) is 35.8 Å². The zero-order chi connectivity index (χ0) is 53.2. The molecule has 0 saturated heterocycles. The number of anilines is 2. The molecule has 73 heavy (non-hydrogen) atoms. The van der Waals surface area contributed by atoms with Crippen molar-refractivity contribution in [3.05, 3.63) is 180 Å². The van der Waals surface area contributed by atoms with Crippen molar-refractivity contribution in [3.63, 3.8) is 0 Å². The third kappa shape index (κ3) is 15.7.